The number of benzene rings is 1. The summed E-state index contributed by atoms with van der Waals surface area (Å²) < 4.78 is 26.0. The number of aldehydes is 1. The van der Waals surface area contributed by atoms with Gasteiger partial charge in [-0.15, -0.1) is 0 Å². The Hall–Kier alpha value is -2.04. The Bertz CT molecular complexity index is 508. The normalized spacial score (nSPS) is 10.3. The second-order valence-electron chi connectivity index (χ2n) is 2.91. The summed E-state index contributed by atoms with van der Waals surface area (Å²) in [5, 5.41) is 0. The van der Waals surface area contributed by atoms with Crippen molar-refractivity contribution in [3.63, 3.8) is 0 Å². The van der Waals surface area contributed by atoms with E-state index in [1.165, 1.54) is 12.4 Å². The van der Waals surface area contributed by atoms with E-state index in [-0.39, 0.29) is 17.0 Å². The van der Waals surface area contributed by atoms with Gasteiger partial charge in [0.2, 0.25) is 0 Å². The molecule has 76 valence electrons. The Morgan fingerprint density at radius 2 is 2.13 bits per heavy atom. The first-order valence-electron chi connectivity index (χ1n) is 4.16. The maximum atomic E-state index is 13.3. The van der Waals surface area contributed by atoms with E-state index in [9.17, 15) is 13.6 Å². The van der Waals surface area contributed by atoms with Gasteiger partial charge in [0.05, 0.1) is 6.33 Å². The number of imidazole rings is 1. The number of halogens is 2. The van der Waals surface area contributed by atoms with E-state index < -0.39 is 11.6 Å². The Morgan fingerprint density at radius 3 is 2.80 bits per heavy atom. The molecule has 0 fully saturated rings. The van der Waals surface area contributed by atoms with Gasteiger partial charge < -0.3 is 4.98 Å². The number of nitrogens with one attached hydrogen (secondary N) is 1. The third-order valence-corrected chi connectivity index (χ3v) is 1.97. The van der Waals surface area contributed by atoms with Crippen molar-refractivity contribution in [2.45, 2.75) is 0 Å². The fourth-order valence-corrected chi connectivity index (χ4v) is 1.29. The van der Waals surface area contributed by atoms with Crippen LogP contribution in [0, 0.1) is 11.6 Å². The number of hydrogen-bond donors (Lipinski definition) is 1. The summed E-state index contributed by atoms with van der Waals surface area (Å²) in [6.45, 7) is 0. The van der Waals surface area contributed by atoms with Gasteiger partial charge in [-0.25, -0.2) is 13.8 Å². The lowest BCUT2D eigenvalue weighted by atomic mass is 10.1. The Balaban J connectivity index is 2.59. The summed E-state index contributed by atoms with van der Waals surface area (Å²) in [7, 11) is 0. The first-order chi connectivity index (χ1) is 7.22. The molecule has 0 unspecified atom stereocenters. The third kappa shape index (κ3) is 1.63. The Labute approximate surface area is 83.8 Å². The van der Waals surface area contributed by atoms with E-state index in [2.05, 4.69) is 9.97 Å². The number of carbonyl (C=O) groups excluding carboxylic acids is 1. The minimum absolute atomic E-state index is 0.0970. The maximum absolute atomic E-state index is 13.3. The molecule has 1 aromatic heterocycles. The van der Waals surface area contributed by atoms with Crippen molar-refractivity contribution in [3.05, 3.63) is 41.9 Å². The van der Waals surface area contributed by atoms with Gasteiger partial charge in [-0.2, -0.15) is 0 Å². The zero-order valence-electron chi connectivity index (χ0n) is 7.50. The lowest BCUT2D eigenvalue weighted by molar-refractivity contribution is 0.112. The van der Waals surface area contributed by atoms with Gasteiger partial charge in [0.1, 0.15) is 23.0 Å². The van der Waals surface area contributed by atoms with Crippen LogP contribution in [0.25, 0.3) is 11.3 Å². The van der Waals surface area contributed by atoms with Crippen molar-refractivity contribution in [3.8, 4) is 11.3 Å². The zero-order chi connectivity index (χ0) is 10.8. The number of H-pyrrole nitrogens is 1. The maximum Gasteiger partial charge on any atom is 0.168 e. The number of aromatic amines is 1. The summed E-state index contributed by atoms with van der Waals surface area (Å²) in [5.74, 6) is -1.41. The summed E-state index contributed by atoms with van der Waals surface area (Å²) in [4.78, 5) is 16.9. The standard InChI is InChI=1S/C10H6F2N2O/c11-6-1-2-7(8(12)3-6)10-9(4-15)13-5-14-10/h1-5H,(H,13,14). The molecule has 0 radical (unpaired) electrons. The van der Waals surface area contributed by atoms with Crippen LogP contribution in [0.5, 0.6) is 0 Å². The molecule has 1 N–H and O–H groups in total. The Morgan fingerprint density at radius 1 is 1.33 bits per heavy atom. The number of rotatable bonds is 2. The summed E-state index contributed by atoms with van der Waals surface area (Å²) in [6.07, 6.45) is 1.81. The van der Waals surface area contributed by atoms with Crippen LogP contribution in [0.15, 0.2) is 24.5 Å². The van der Waals surface area contributed by atoms with Gasteiger partial charge in [-0.3, -0.25) is 4.79 Å². The highest BCUT2D eigenvalue weighted by molar-refractivity contribution is 5.83. The number of aromatic nitrogens is 2. The van der Waals surface area contributed by atoms with Crippen LogP contribution in [0.3, 0.4) is 0 Å². The van der Waals surface area contributed by atoms with Crippen molar-refractivity contribution >= 4 is 6.29 Å². The van der Waals surface area contributed by atoms with Crippen molar-refractivity contribution < 1.29 is 13.6 Å². The monoisotopic (exact) mass is 208 g/mol. The van der Waals surface area contributed by atoms with Crippen LogP contribution in [0.4, 0.5) is 8.78 Å². The molecular formula is C10H6F2N2O. The average molecular weight is 208 g/mol. The van der Waals surface area contributed by atoms with Crippen LogP contribution in [-0.4, -0.2) is 16.3 Å². The molecular weight excluding hydrogens is 202 g/mol. The largest absolute Gasteiger partial charge is 0.342 e. The van der Waals surface area contributed by atoms with Crippen LogP contribution >= 0.6 is 0 Å². The molecule has 0 saturated heterocycles. The molecule has 1 aromatic carbocycles. The van der Waals surface area contributed by atoms with Crippen LogP contribution in [-0.2, 0) is 0 Å². The fourth-order valence-electron chi connectivity index (χ4n) is 1.29. The van der Waals surface area contributed by atoms with E-state index in [0.717, 1.165) is 12.1 Å². The van der Waals surface area contributed by atoms with E-state index in [0.29, 0.717) is 6.29 Å². The van der Waals surface area contributed by atoms with Crippen molar-refractivity contribution in [1.82, 2.24) is 9.97 Å². The minimum Gasteiger partial charge on any atom is -0.342 e. The molecule has 0 aliphatic carbocycles. The molecule has 3 nitrogen and oxygen atoms in total. The predicted molar refractivity (Wildman–Crippen MR) is 49.3 cm³/mol. The van der Waals surface area contributed by atoms with Crippen LogP contribution in [0.1, 0.15) is 10.5 Å². The molecule has 0 aliphatic heterocycles. The SMILES string of the molecule is O=Cc1[nH]cnc1-c1ccc(F)cc1F. The van der Waals surface area contributed by atoms with E-state index in [4.69, 9.17) is 0 Å². The minimum atomic E-state index is -0.745. The van der Waals surface area contributed by atoms with Crippen LogP contribution in [0.2, 0.25) is 0 Å². The van der Waals surface area contributed by atoms with E-state index >= 15 is 0 Å². The smallest absolute Gasteiger partial charge is 0.168 e. The van der Waals surface area contributed by atoms with Crippen molar-refractivity contribution in [2.24, 2.45) is 0 Å². The van der Waals surface area contributed by atoms with Gasteiger partial charge in [-0.1, -0.05) is 0 Å². The molecule has 2 rings (SSSR count). The summed E-state index contributed by atoms with van der Waals surface area (Å²) in [5.41, 5.74) is 0.447. The zero-order valence-corrected chi connectivity index (χ0v) is 7.50. The van der Waals surface area contributed by atoms with E-state index in [1.54, 1.807) is 0 Å². The highest BCUT2D eigenvalue weighted by Crippen LogP contribution is 2.23. The first kappa shape index (κ1) is 9.51. The van der Waals surface area contributed by atoms with Crippen molar-refractivity contribution in [1.29, 1.82) is 0 Å². The van der Waals surface area contributed by atoms with Gasteiger partial charge in [0, 0.05) is 11.6 Å². The number of nitrogens with zero attached hydrogens (tertiary/aromatic N) is 1. The van der Waals surface area contributed by atoms with E-state index in [1.807, 2.05) is 0 Å². The quantitative estimate of drug-likeness (QED) is 0.768. The lowest BCUT2D eigenvalue weighted by Gasteiger charge is -2.00. The molecule has 15 heavy (non-hydrogen) atoms. The van der Waals surface area contributed by atoms with Gasteiger partial charge in [0.15, 0.2) is 6.29 Å². The third-order valence-electron chi connectivity index (χ3n) is 1.97. The lowest BCUT2D eigenvalue weighted by Crippen LogP contribution is -1.90. The number of carbonyl (C=O) groups is 1. The second kappa shape index (κ2) is 3.61. The summed E-state index contributed by atoms with van der Waals surface area (Å²) >= 11 is 0. The topological polar surface area (TPSA) is 45.8 Å². The molecule has 0 amide bonds. The molecule has 0 spiro atoms. The summed E-state index contributed by atoms with van der Waals surface area (Å²) in [6, 6.07) is 3.11. The van der Waals surface area contributed by atoms with Gasteiger partial charge in [-0.05, 0) is 12.1 Å². The molecule has 0 atom stereocenters. The molecule has 0 bridgehead atoms. The number of hydrogen-bond acceptors (Lipinski definition) is 2. The molecule has 0 saturated carbocycles. The second-order valence-corrected chi connectivity index (χ2v) is 2.91. The van der Waals surface area contributed by atoms with Gasteiger partial charge in [0.25, 0.3) is 0 Å². The molecule has 1 heterocycles. The molecule has 0 aliphatic rings. The Kier molecular flexibility index (Phi) is 2.29. The van der Waals surface area contributed by atoms with Crippen molar-refractivity contribution in [2.75, 3.05) is 0 Å². The molecule has 5 heteroatoms. The van der Waals surface area contributed by atoms with Crippen LogP contribution < -0.4 is 0 Å². The van der Waals surface area contributed by atoms with Gasteiger partial charge >= 0.3 is 0 Å². The highest BCUT2D eigenvalue weighted by atomic mass is 19.1. The highest BCUT2D eigenvalue weighted by Gasteiger charge is 2.12. The fraction of sp³-hybridized carbons (Fsp3) is 0. The molecule has 2 aromatic rings. The predicted octanol–water partition coefficient (Wildman–Crippen LogP) is 2.17. The first-order valence-corrected chi connectivity index (χ1v) is 4.16. The average Bonchev–Trinajstić information content (AvgIpc) is 2.65.